The van der Waals surface area contributed by atoms with Crippen molar-refractivity contribution in [3.63, 3.8) is 0 Å². The predicted molar refractivity (Wildman–Crippen MR) is 58.5 cm³/mol. The molecule has 0 fully saturated rings. The number of carbonyl (C=O) groups excluding carboxylic acids is 1. The molecule has 80 valence electrons. The second-order valence-corrected chi connectivity index (χ2v) is 3.92. The Balaban J connectivity index is 3.81. The number of hydrogen-bond donors (Lipinski definition) is 2. The van der Waals surface area contributed by atoms with Crippen LogP contribution in [-0.4, -0.2) is 19.0 Å². The van der Waals surface area contributed by atoms with E-state index >= 15 is 0 Å². The molecule has 0 aliphatic rings. The Morgan fingerprint density at radius 1 is 1.57 bits per heavy atom. The van der Waals surface area contributed by atoms with E-state index in [0.717, 1.165) is 6.42 Å². The fourth-order valence-electron chi connectivity index (χ4n) is 1.41. The van der Waals surface area contributed by atoms with E-state index < -0.39 is 0 Å². The standard InChI is InChI=1S/C11H20N2O/c1-4-5-13-11(14)7-10(8-12)6-9(2)3/h1,9-10H,5-8,12H2,2-3H3,(H,13,14). The summed E-state index contributed by atoms with van der Waals surface area (Å²) < 4.78 is 0. The maximum atomic E-state index is 11.3. The first-order chi connectivity index (χ1) is 6.60. The van der Waals surface area contributed by atoms with E-state index in [1.165, 1.54) is 0 Å². The smallest absolute Gasteiger partial charge is 0.221 e. The zero-order valence-electron chi connectivity index (χ0n) is 9.05. The van der Waals surface area contributed by atoms with Crippen LogP contribution in [-0.2, 0) is 4.79 Å². The topological polar surface area (TPSA) is 55.1 Å². The summed E-state index contributed by atoms with van der Waals surface area (Å²) in [5, 5.41) is 2.64. The first kappa shape index (κ1) is 13.0. The molecular formula is C11H20N2O. The molecule has 1 amide bonds. The van der Waals surface area contributed by atoms with Gasteiger partial charge in [-0.25, -0.2) is 0 Å². The van der Waals surface area contributed by atoms with Gasteiger partial charge in [0, 0.05) is 6.42 Å². The summed E-state index contributed by atoms with van der Waals surface area (Å²) in [6.07, 6.45) is 6.50. The van der Waals surface area contributed by atoms with Gasteiger partial charge in [-0.05, 0) is 24.8 Å². The molecule has 0 heterocycles. The van der Waals surface area contributed by atoms with Gasteiger partial charge in [-0.1, -0.05) is 19.8 Å². The molecule has 14 heavy (non-hydrogen) atoms. The number of carbonyl (C=O) groups is 1. The summed E-state index contributed by atoms with van der Waals surface area (Å²) in [6.45, 7) is 5.11. The van der Waals surface area contributed by atoms with Gasteiger partial charge in [-0.2, -0.15) is 0 Å². The van der Waals surface area contributed by atoms with E-state index in [2.05, 4.69) is 25.1 Å². The van der Waals surface area contributed by atoms with Crippen molar-refractivity contribution in [1.82, 2.24) is 5.32 Å². The second-order valence-electron chi connectivity index (χ2n) is 3.92. The molecule has 0 radical (unpaired) electrons. The van der Waals surface area contributed by atoms with Crippen molar-refractivity contribution < 1.29 is 4.79 Å². The molecule has 0 aromatic rings. The number of terminal acetylenes is 1. The van der Waals surface area contributed by atoms with E-state index in [4.69, 9.17) is 12.2 Å². The quantitative estimate of drug-likeness (QED) is 0.616. The summed E-state index contributed by atoms with van der Waals surface area (Å²) in [6, 6.07) is 0. The van der Waals surface area contributed by atoms with Crippen LogP contribution in [0.25, 0.3) is 0 Å². The van der Waals surface area contributed by atoms with Crippen LogP contribution in [0.3, 0.4) is 0 Å². The van der Waals surface area contributed by atoms with Crippen molar-refractivity contribution >= 4 is 5.91 Å². The van der Waals surface area contributed by atoms with Crippen LogP contribution in [0, 0.1) is 24.2 Å². The van der Waals surface area contributed by atoms with Crippen LogP contribution >= 0.6 is 0 Å². The van der Waals surface area contributed by atoms with Gasteiger partial charge in [0.2, 0.25) is 5.91 Å². The van der Waals surface area contributed by atoms with Gasteiger partial charge in [-0.15, -0.1) is 6.42 Å². The third kappa shape index (κ3) is 6.50. The predicted octanol–water partition coefficient (Wildman–Crippen LogP) is 0.747. The normalized spacial score (nSPS) is 12.2. The Morgan fingerprint density at radius 2 is 2.21 bits per heavy atom. The Kier molecular flexibility index (Phi) is 6.87. The molecule has 0 aromatic carbocycles. The molecule has 0 bridgehead atoms. The fraction of sp³-hybridized carbons (Fsp3) is 0.727. The molecule has 1 unspecified atom stereocenters. The van der Waals surface area contributed by atoms with E-state index in [9.17, 15) is 4.79 Å². The van der Waals surface area contributed by atoms with Gasteiger partial charge in [-0.3, -0.25) is 4.79 Å². The van der Waals surface area contributed by atoms with Crippen LogP contribution in [0.4, 0.5) is 0 Å². The Morgan fingerprint density at radius 3 is 2.64 bits per heavy atom. The number of amides is 1. The lowest BCUT2D eigenvalue weighted by atomic mass is 9.94. The molecule has 0 spiro atoms. The zero-order valence-corrected chi connectivity index (χ0v) is 9.05. The molecular weight excluding hydrogens is 176 g/mol. The van der Waals surface area contributed by atoms with Crippen molar-refractivity contribution in [2.45, 2.75) is 26.7 Å². The minimum Gasteiger partial charge on any atom is -0.345 e. The highest BCUT2D eigenvalue weighted by Crippen LogP contribution is 2.13. The molecule has 3 heteroatoms. The number of hydrogen-bond acceptors (Lipinski definition) is 2. The largest absolute Gasteiger partial charge is 0.345 e. The average Bonchev–Trinajstić information content (AvgIpc) is 2.12. The molecule has 3 nitrogen and oxygen atoms in total. The lowest BCUT2D eigenvalue weighted by Crippen LogP contribution is -2.29. The van der Waals surface area contributed by atoms with Crippen molar-refractivity contribution in [1.29, 1.82) is 0 Å². The second kappa shape index (κ2) is 7.40. The maximum absolute atomic E-state index is 11.3. The molecule has 0 saturated heterocycles. The van der Waals surface area contributed by atoms with Crippen molar-refractivity contribution in [3.05, 3.63) is 0 Å². The lowest BCUT2D eigenvalue weighted by molar-refractivity contribution is -0.121. The summed E-state index contributed by atoms with van der Waals surface area (Å²) in [5.41, 5.74) is 5.58. The highest BCUT2D eigenvalue weighted by atomic mass is 16.1. The van der Waals surface area contributed by atoms with E-state index in [1.807, 2.05) is 0 Å². The zero-order chi connectivity index (χ0) is 11.0. The van der Waals surface area contributed by atoms with Crippen LogP contribution in [0.15, 0.2) is 0 Å². The Bertz CT molecular complexity index is 206. The highest BCUT2D eigenvalue weighted by Gasteiger charge is 2.13. The Hall–Kier alpha value is -1.01. The minimum atomic E-state index is -0.000880. The molecule has 0 saturated carbocycles. The SMILES string of the molecule is C#CCNC(=O)CC(CN)CC(C)C. The highest BCUT2D eigenvalue weighted by molar-refractivity contribution is 5.76. The van der Waals surface area contributed by atoms with Gasteiger partial charge in [0.05, 0.1) is 6.54 Å². The summed E-state index contributed by atoms with van der Waals surface area (Å²) in [4.78, 5) is 11.3. The van der Waals surface area contributed by atoms with Crippen molar-refractivity contribution in [2.75, 3.05) is 13.1 Å². The van der Waals surface area contributed by atoms with Gasteiger partial charge >= 0.3 is 0 Å². The van der Waals surface area contributed by atoms with Crippen LogP contribution in [0.2, 0.25) is 0 Å². The molecule has 0 aromatic heterocycles. The monoisotopic (exact) mass is 196 g/mol. The van der Waals surface area contributed by atoms with Gasteiger partial charge < -0.3 is 11.1 Å². The maximum Gasteiger partial charge on any atom is 0.221 e. The minimum absolute atomic E-state index is 0.000880. The van der Waals surface area contributed by atoms with E-state index in [1.54, 1.807) is 0 Å². The van der Waals surface area contributed by atoms with Crippen LogP contribution in [0.5, 0.6) is 0 Å². The Labute approximate surface area is 86.4 Å². The van der Waals surface area contributed by atoms with Crippen molar-refractivity contribution in [3.8, 4) is 12.3 Å². The third-order valence-electron chi connectivity index (χ3n) is 2.00. The van der Waals surface area contributed by atoms with Gasteiger partial charge in [0.15, 0.2) is 0 Å². The third-order valence-corrected chi connectivity index (χ3v) is 2.00. The summed E-state index contributed by atoms with van der Waals surface area (Å²) in [7, 11) is 0. The van der Waals surface area contributed by atoms with Crippen LogP contribution < -0.4 is 11.1 Å². The van der Waals surface area contributed by atoms with Gasteiger partial charge in [0.1, 0.15) is 0 Å². The molecule has 0 aliphatic heterocycles. The molecule has 0 rings (SSSR count). The fourth-order valence-corrected chi connectivity index (χ4v) is 1.41. The van der Waals surface area contributed by atoms with Gasteiger partial charge in [0.25, 0.3) is 0 Å². The average molecular weight is 196 g/mol. The summed E-state index contributed by atoms with van der Waals surface area (Å²) >= 11 is 0. The molecule has 0 aliphatic carbocycles. The first-order valence-corrected chi connectivity index (χ1v) is 5.00. The van der Waals surface area contributed by atoms with E-state index in [0.29, 0.717) is 25.4 Å². The van der Waals surface area contributed by atoms with Crippen molar-refractivity contribution in [2.24, 2.45) is 17.6 Å². The number of rotatable bonds is 6. The number of nitrogens with two attached hydrogens (primary N) is 1. The van der Waals surface area contributed by atoms with Crippen LogP contribution in [0.1, 0.15) is 26.7 Å². The molecule has 3 N–H and O–H groups in total. The molecule has 1 atom stereocenters. The lowest BCUT2D eigenvalue weighted by Gasteiger charge is -2.15. The van der Waals surface area contributed by atoms with E-state index in [-0.39, 0.29) is 11.8 Å². The number of nitrogens with one attached hydrogen (secondary N) is 1. The summed E-state index contributed by atoms with van der Waals surface area (Å²) in [5.74, 6) is 3.21. The first-order valence-electron chi connectivity index (χ1n) is 5.00.